The highest BCUT2D eigenvalue weighted by molar-refractivity contribution is 4.99. The molecule has 0 fully saturated rings. The van der Waals surface area contributed by atoms with E-state index in [-0.39, 0.29) is 6.92 Å². The second-order valence-electron chi connectivity index (χ2n) is 11.8. The van der Waals surface area contributed by atoms with E-state index >= 15 is 0 Å². The van der Waals surface area contributed by atoms with Gasteiger partial charge >= 0.3 is 85.3 Å². The van der Waals surface area contributed by atoms with Gasteiger partial charge < -0.3 is 0 Å². The zero-order valence-electron chi connectivity index (χ0n) is 34.1. The molecule has 0 aromatic carbocycles. The van der Waals surface area contributed by atoms with Gasteiger partial charge in [-0.15, -0.1) is 0 Å². The Bertz CT molecular complexity index is 1690. The van der Waals surface area contributed by atoms with Crippen LogP contribution in [0.5, 0.6) is 0 Å². The average molecular weight is 1150 g/mol. The van der Waals surface area contributed by atoms with Gasteiger partial charge in [-0.25, -0.2) is 45.6 Å². The number of hydrogen-bond acceptors (Lipinski definition) is 5. The maximum Gasteiger partial charge on any atom is 0.453 e. The van der Waals surface area contributed by atoms with E-state index in [1.165, 1.54) is 0 Å². The summed E-state index contributed by atoms with van der Waals surface area (Å²) >= 11 is 0. The van der Waals surface area contributed by atoms with Crippen LogP contribution < -0.4 is 0 Å². The van der Waals surface area contributed by atoms with Gasteiger partial charge in [0.25, 0.3) is 5.67 Å². The molecular formula is C30H26F36O5. The van der Waals surface area contributed by atoms with Crippen molar-refractivity contribution in [2.75, 3.05) is 7.18 Å². The van der Waals surface area contributed by atoms with Crippen molar-refractivity contribution < 1.29 is 182 Å². The second-order valence-corrected chi connectivity index (χ2v) is 11.8. The summed E-state index contributed by atoms with van der Waals surface area (Å²) in [7, 11) is 0.500. The van der Waals surface area contributed by atoms with Gasteiger partial charge in [-0.1, -0.05) is 40.2 Å². The molecule has 5 nitrogen and oxygen atoms in total. The van der Waals surface area contributed by atoms with Crippen LogP contribution in [0.3, 0.4) is 0 Å². The number of ether oxygens (including phenoxy) is 5. The number of halogens is 36. The van der Waals surface area contributed by atoms with E-state index < -0.39 is 134 Å². The van der Waals surface area contributed by atoms with Crippen molar-refractivity contribution in [2.45, 2.75) is 131 Å². The molecule has 0 amide bonds. The van der Waals surface area contributed by atoms with E-state index in [2.05, 4.69) is 23.7 Å². The maximum absolute atomic E-state index is 13.1. The van der Waals surface area contributed by atoms with Gasteiger partial charge in [-0.3, -0.25) is 4.39 Å². The number of rotatable bonds is 21. The Kier molecular flexibility index (Phi) is 26.8. The molecule has 0 spiro atoms. The van der Waals surface area contributed by atoms with Crippen molar-refractivity contribution >= 4 is 0 Å². The summed E-state index contributed by atoms with van der Waals surface area (Å²) < 4.78 is 449. The van der Waals surface area contributed by atoms with E-state index in [0.29, 0.717) is 21.0 Å². The Hall–Kier alpha value is -3.76. The molecule has 0 saturated heterocycles. The van der Waals surface area contributed by atoms with Gasteiger partial charge in [0.2, 0.25) is 0 Å². The Morgan fingerprint density at radius 3 is 0.845 bits per heavy atom. The predicted octanol–water partition coefficient (Wildman–Crippen LogP) is 16.8. The summed E-state index contributed by atoms with van der Waals surface area (Å²) in [5, 5.41) is 0. The third kappa shape index (κ3) is 23.8. The van der Waals surface area contributed by atoms with Crippen molar-refractivity contribution in [3.05, 3.63) is 49.6 Å². The quantitative estimate of drug-likeness (QED) is 0.107. The molecule has 71 heavy (non-hydrogen) atoms. The highest BCUT2D eigenvalue weighted by atomic mass is 19.4. The van der Waals surface area contributed by atoms with Crippen molar-refractivity contribution in [1.29, 1.82) is 0 Å². The van der Waals surface area contributed by atoms with Crippen LogP contribution in [0, 0.1) is 0 Å². The summed E-state index contributed by atoms with van der Waals surface area (Å²) in [6.07, 6.45) is -74.4. The minimum atomic E-state index is -6.29. The lowest BCUT2D eigenvalue weighted by Gasteiger charge is -2.34. The zero-order chi connectivity index (χ0) is 59.5. The van der Waals surface area contributed by atoms with Crippen LogP contribution in [0.1, 0.15) is 40.0 Å². The van der Waals surface area contributed by atoms with E-state index in [9.17, 15) is 158 Å². The van der Waals surface area contributed by atoms with Gasteiger partial charge in [0, 0.05) is 13.3 Å². The third-order valence-electron chi connectivity index (χ3n) is 6.03. The Morgan fingerprint density at radius 1 is 0.366 bits per heavy atom. The lowest BCUT2D eigenvalue weighted by molar-refractivity contribution is -0.507. The van der Waals surface area contributed by atoms with Crippen LogP contribution in [0.15, 0.2) is 49.6 Å². The minimum Gasteiger partial charge on any atom is -0.255 e. The van der Waals surface area contributed by atoms with E-state index in [1.807, 2.05) is 26.3 Å². The Balaban J connectivity index is -0.000000270. The molecule has 0 heterocycles. The molecule has 1 atom stereocenters. The standard InChI is InChI=1S/2C8H7F9O.C7H5F9O2.C6H4F8O.CH3F/c1-3-5(10,11)7(14,15)8(16,17)18-6(12,13)4(2)9;1-3-5(10,7(13,14)15)8(16,17)18-6(11,12)4(2)9;1-3(8)5(11,12)18-7(15,16)6(13,14)17-4(2,9)10;1-3(7)6(13,14)15-5(11,12)2-4(8,9)10;1-2/h2*2-3H2,1H3;1H2,2H3;1-2H2;1H3. The fourth-order valence-corrected chi connectivity index (χ4v) is 2.66. The fourth-order valence-electron chi connectivity index (χ4n) is 2.66. The third-order valence-corrected chi connectivity index (χ3v) is 6.03. The highest BCUT2D eigenvalue weighted by Crippen LogP contribution is 2.52. The molecule has 1 unspecified atom stereocenters. The van der Waals surface area contributed by atoms with Gasteiger partial charge in [-0.05, 0) is 6.42 Å². The van der Waals surface area contributed by atoms with Gasteiger partial charge in [0.15, 0.2) is 23.3 Å². The van der Waals surface area contributed by atoms with Crippen molar-refractivity contribution in [3.63, 3.8) is 0 Å². The average Bonchev–Trinajstić information content (AvgIpc) is 3.08. The van der Waals surface area contributed by atoms with E-state index in [0.717, 1.165) is 0 Å². The van der Waals surface area contributed by atoms with Crippen LogP contribution >= 0.6 is 0 Å². The van der Waals surface area contributed by atoms with Gasteiger partial charge in [0.05, 0.1) is 7.18 Å². The van der Waals surface area contributed by atoms with Crippen LogP contribution in [0.25, 0.3) is 0 Å². The lowest BCUT2D eigenvalue weighted by Crippen LogP contribution is -2.58. The zero-order valence-corrected chi connectivity index (χ0v) is 34.1. The molecule has 0 saturated carbocycles. The summed E-state index contributed by atoms with van der Waals surface area (Å²) in [4.78, 5) is 0. The van der Waals surface area contributed by atoms with Crippen LogP contribution in [0.4, 0.5) is 158 Å². The SMILES string of the molecule is C=C(F)C(F)(F)OC(F)(F)C(F)(CC)C(F)(F)F.C=C(F)C(F)(F)OC(F)(F)C(F)(F)C(F)(F)CC.C=C(F)C(F)(F)OC(F)(F)C(F)(F)OC(C)(F)F.C=C(F)C(F)(F)OC(F)(F)CC(F)(F)F.CF. The molecule has 0 aromatic heterocycles. The highest BCUT2D eigenvalue weighted by Gasteiger charge is 2.75. The minimum absolute atomic E-state index is 0.340. The van der Waals surface area contributed by atoms with Crippen LogP contribution in [-0.2, 0) is 23.7 Å². The first-order valence-electron chi connectivity index (χ1n) is 16.0. The molecular weight excluding hydrogens is 1120 g/mol. The second kappa shape index (κ2) is 25.0. The molecule has 41 heteroatoms. The molecule has 428 valence electrons. The summed E-state index contributed by atoms with van der Waals surface area (Å²) in [5.74, 6) is -22.6. The Labute approximate surface area is 370 Å². The lowest BCUT2D eigenvalue weighted by atomic mass is 10.0. The summed E-state index contributed by atoms with van der Waals surface area (Å²) in [6, 6.07) is 0. The molecule has 0 bridgehead atoms. The predicted molar refractivity (Wildman–Crippen MR) is 160 cm³/mol. The van der Waals surface area contributed by atoms with Crippen molar-refractivity contribution in [1.82, 2.24) is 0 Å². The molecule has 0 radical (unpaired) electrons. The largest absolute Gasteiger partial charge is 0.453 e. The fraction of sp³-hybridized carbons (Fsp3) is 0.733. The first-order chi connectivity index (χ1) is 30.4. The molecule has 0 aromatic rings. The molecule has 0 N–H and O–H groups in total. The van der Waals surface area contributed by atoms with Crippen molar-refractivity contribution in [2.24, 2.45) is 0 Å². The first-order valence-corrected chi connectivity index (χ1v) is 16.0. The number of alkyl halides is 32. The van der Waals surface area contributed by atoms with Crippen LogP contribution in [-0.4, -0.2) is 98.1 Å². The summed E-state index contributed by atoms with van der Waals surface area (Å²) in [5.41, 5.74) is -5.38. The normalized spacial score (nSPS) is 15.0. The topological polar surface area (TPSA) is 46.2 Å². The molecule has 0 rings (SSSR count). The monoisotopic (exact) mass is 1150 g/mol. The van der Waals surface area contributed by atoms with Crippen LogP contribution in [0.2, 0.25) is 0 Å². The molecule has 0 aliphatic heterocycles. The smallest absolute Gasteiger partial charge is 0.255 e. The van der Waals surface area contributed by atoms with Crippen molar-refractivity contribution in [3.8, 4) is 0 Å². The Morgan fingerprint density at radius 2 is 0.620 bits per heavy atom. The molecule has 0 aliphatic carbocycles. The van der Waals surface area contributed by atoms with E-state index in [1.54, 1.807) is 0 Å². The van der Waals surface area contributed by atoms with E-state index in [4.69, 9.17) is 0 Å². The number of hydrogen-bond donors (Lipinski definition) is 0. The summed E-state index contributed by atoms with van der Waals surface area (Å²) in [6.45, 7) is 8.00. The first kappa shape index (κ1) is 76.2. The van der Waals surface area contributed by atoms with Gasteiger partial charge in [0.1, 0.15) is 6.42 Å². The maximum atomic E-state index is 13.1. The van der Waals surface area contributed by atoms with Gasteiger partial charge in [-0.2, -0.15) is 132 Å². The molecule has 0 aliphatic rings.